The predicted octanol–water partition coefficient (Wildman–Crippen LogP) is 1.82. The summed E-state index contributed by atoms with van der Waals surface area (Å²) in [5.41, 5.74) is 0. The number of aliphatic hydroxyl groups is 1. The third kappa shape index (κ3) is 4.87. The Balaban J connectivity index is 2.62. The van der Waals surface area contributed by atoms with E-state index in [1.807, 2.05) is 6.92 Å². The Kier molecular flexibility index (Phi) is 6.29. The second-order valence-corrected chi connectivity index (χ2v) is 4.26. The number of rotatable bonds is 7. The molecule has 0 aromatic heterocycles. The molecule has 0 saturated heterocycles. The Morgan fingerprint density at radius 2 is 2.00 bits per heavy atom. The minimum Gasteiger partial charge on any atom is -0.481 e. The maximum Gasteiger partial charge on any atom is 0.263 e. The van der Waals surface area contributed by atoms with Crippen molar-refractivity contribution in [1.29, 1.82) is 0 Å². The molecule has 0 aliphatic heterocycles. The Morgan fingerprint density at radius 3 is 2.53 bits per heavy atom. The zero-order valence-electron chi connectivity index (χ0n) is 11.3. The van der Waals surface area contributed by atoms with Gasteiger partial charge in [0.05, 0.1) is 6.61 Å². The Hall–Kier alpha value is -1.62. The molecule has 0 spiro atoms. The first-order valence-corrected chi connectivity index (χ1v) is 6.40. The summed E-state index contributed by atoms with van der Waals surface area (Å²) in [4.78, 5) is 13.7. The lowest BCUT2D eigenvalue weighted by molar-refractivity contribution is -0.138. The number of halogens is 1. The van der Waals surface area contributed by atoms with E-state index in [1.54, 1.807) is 11.8 Å². The van der Waals surface area contributed by atoms with Crippen LogP contribution in [0.4, 0.5) is 4.39 Å². The fourth-order valence-corrected chi connectivity index (χ4v) is 1.75. The van der Waals surface area contributed by atoms with Crippen molar-refractivity contribution in [2.45, 2.75) is 26.4 Å². The van der Waals surface area contributed by atoms with E-state index in [4.69, 9.17) is 9.84 Å². The first-order valence-electron chi connectivity index (χ1n) is 6.40. The monoisotopic (exact) mass is 269 g/mol. The van der Waals surface area contributed by atoms with Crippen LogP contribution >= 0.6 is 0 Å². The molecule has 1 unspecified atom stereocenters. The Morgan fingerprint density at radius 1 is 1.37 bits per heavy atom. The van der Waals surface area contributed by atoms with Gasteiger partial charge in [-0.3, -0.25) is 4.79 Å². The van der Waals surface area contributed by atoms with Crippen LogP contribution in [0.2, 0.25) is 0 Å². The number of hydrogen-bond acceptors (Lipinski definition) is 3. The summed E-state index contributed by atoms with van der Waals surface area (Å²) in [5, 5.41) is 8.94. The lowest BCUT2D eigenvalue weighted by Gasteiger charge is -2.25. The molecule has 0 bridgehead atoms. The van der Waals surface area contributed by atoms with Gasteiger partial charge in [-0.05, 0) is 37.6 Å². The number of hydrogen-bond donors (Lipinski definition) is 1. The highest BCUT2D eigenvalue weighted by Crippen LogP contribution is 2.14. The molecule has 0 radical (unpaired) electrons. The standard InChI is InChI=1S/C14H20FNO3/c1-3-8-16(9-10-17)14(18)11(2)19-13-6-4-12(15)5-7-13/h4-7,11,17H,3,8-10H2,1-2H3. The van der Waals surface area contributed by atoms with E-state index in [0.717, 1.165) is 6.42 Å². The third-order valence-corrected chi connectivity index (χ3v) is 2.65. The largest absolute Gasteiger partial charge is 0.481 e. The molecular formula is C14H20FNO3. The van der Waals surface area contributed by atoms with Crippen LogP contribution in [0.3, 0.4) is 0 Å². The van der Waals surface area contributed by atoms with E-state index in [1.165, 1.54) is 24.3 Å². The molecule has 0 aliphatic rings. The molecule has 1 rings (SSSR count). The molecule has 0 fully saturated rings. The van der Waals surface area contributed by atoms with Crippen molar-refractivity contribution in [3.8, 4) is 5.75 Å². The summed E-state index contributed by atoms with van der Waals surface area (Å²) in [6.45, 7) is 4.41. The summed E-state index contributed by atoms with van der Waals surface area (Å²) >= 11 is 0. The lowest BCUT2D eigenvalue weighted by atomic mass is 10.3. The SMILES string of the molecule is CCCN(CCO)C(=O)C(C)Oc1ccc(F)cc1. The number of carbonyl (C=O) groups excluding carboxylic acids is 1. The zero-order valence-corrected chi connectivity index (χ0v) is 11.3. The van der Waals surface area contributed by atoms with Crippen molar-refractivity contribution in [1.82, 2.24) is 4.90 Å². The molecule has 19 heavy (non-hydrogen) atoms. The zero-order chi connectivity index (χ0) is 14.3. The van der Waals surface area contributed by atoms with E-state index in [-0.39, 0.29) is 18.3 Å². The van der Waals surface area contributed by atoms with Crippen LogP contribution in [-0.4, -0.2) is 41.7 Å². The molecule has 106 valence electrons. The van der Waals surface area contributed by atoms with Gasteiger partial charge in [-0.1, -0.05) is 6.92 Å². The summed E-state index contributed by atoms with van der Waals surface area (Å²) in [7, 11) is 0. The molecule has 0 saturated carbocycles. The van der Waals surface area contributed by atoms with Crippen molar-refractivity contribution >= 4 is 5.91 Å². The van der Waals surface area contributed by atoms with E-state index in [9.17, 15) is 9.18 Å². The molecule has 1 N–H and O–H groups in total. The highest BCUT2D eigenvalue weighted by Gasteiger charge is 2.21. The highest BCUT2D eigenvalue weighted by molar-refractivity contribution is 5.80. The van der Waals surface area contributed by atoms with Gasteiger partial charge >= 0.3 is 0 Å². The number of carbonyl (C=O) groups is 1. The highest BCUT2D eigenvalue weighted by atomic mass is 19.1. The fourth-order valence-electron chi connectivity index (χ4n) is 1.75. The number of amides is 1. The van der Waals surface area contributed by atoms with Crippen molar-refractivity contribution in [2.24, 2.45) is 0 Å². The van der Waals surface area contributed by atoms with Crippen molar-refractivity contribution in [3.05, 3.63) is 30.1 Å². The van der Waals surface area contributed by atoms with Crippen LogP contribution in [0.5, 0.6) is 5.75 Å². The Bertz CT molecular complexity index is 388. The van der Waals surface area contributed by atoms with Gasteiger partial charge in [-0.2, -0.15) is 0 Å². The lowest BCUT2D eigenvalue weighted by Crippen LogP contribution is -2.42. The number of nitrogens with zero attached hydrogens (tertiary/aromatic N) is 1. The van der Waals surface area contributed by atoms with E-state index < -0.39 is 6.10 Å². The van der Waals surface area contributed by atoms with Crippen LogP contribution in [-0.2, 0) is 4.79 Å². The van der Waals surface area contributed by atoms with Gasteiger partial charge in [0.1, 0.15) is 11.6 Å². The summed E-state index contributed by atoms with van der Waals surface area (Å²) in [6, 6.07) is 5.53. The number of ether oxygens (including phenoxy) is 1. The molecule has 1 amide bonds. The van der Waals surface area contributed by atoms with Crippen molar-refractivity contribution in [2.75, 3.05) is 19.7 Å². The van der Waals surface area contributed by atoms with E-state index in [0.29, 0.717) is 18.8 Å². The second-order valence-electron chi connectivity index (χ2n) is 4.26. The predicted molar refractivity (Wildman–Crippen MR) is 70.4 cm³/mol. The molecule has 1 aromatic carbocycles. The molecule has 0 heterocycles. The normalized spacial score (nSPS) is 12.0. The van der Waals surface area contributed by atoms with Gasteiger partial charge in [-0.15, -0.1) is 0 Å². The minimum atomic E-state index is -0.663. The quantitative estimate of drug-likeness (QED) is 0.821. The van der Waals surface area contributed by atoms with Crippen LogP contribution in [0, 0.1) is 5.82 Å². The molecule has 1 aromatic rings. The van der Waals surface area contributed by atoms with Gasteiger partial charge in [0.2, 0.25) is 0 Å². The van der Waals surface area contributed by atoms with E-state index in [2.05, 4.69) is 0 Å². The second kappa shape index (κ2) is 7.74. The van der Waals surface area contributed by atoms with Crippen LogP contribution in [0.1, 0.15) is 20.3 Å². The average molecular weight is 269 g/mol. The molecule has 1 atom stereocenters. The van der Waals surface area contributed by atoms with Gasteiger partial charge < -0.3 is 14.7 Å². The number of benzene rings is 1. The summed E-state index contributed by atoms with van der Waals surface area (Å²) in [5.74, 6) is -0.0814. The first-order chi connectivity index (χ1) is 9.08. The fraction of sp³-hybridized carbons (Fsp3) is 0.500. The van der Waals surface area contributed by atoms with Gasteiger partial charge in [0, 0.05) is 13.1 Å². The van der Waals surface area contributed by atoms with Crippen molar-refractivity contribution in [3.63, 3.8) is 0 Å². The molecule has 5 heteroatoms. The Labute approximate surface area is 112 Å². The topological polar surface area (TPSA) is 49.8 Å². The van der Waals surface area contributed by atoms with Gasteiger partial charge in [0.25, 0.3) is 5.91 Å². The number of aliphatic hydroxyl groups excluding tert-OH is 1. The van der Waals surface area contributed by atoms with Crippen LogP contribution < -0.4 is 4.74 Å². The smallest absolute Gasteiger partial charge is 0.263 e. The van der Waals surface area contributed by atoms with Gasteiger partial charge in [0.15, 0.2) is 6.10 Å². The summed E-state index contributed by atoms with van der Waals surface area (Å²) in [6.07, 6.45) is 0.151. The average Bonchev–Trinajstić information content (AvgIpc) is 2.40. The summed E-state index contributed by atoms with van der Waals surface area (Å²) < 4.78 is 18.2. The molecule has 0 aliphatic carbocycles. The van der Waals surface area contributed by atoms with Crippen LogP contribution in [0.25, 0.3) is 0 Å². The maximum absolute atomic E-state index is 12.8. The molecular weight excluding hydrogens is 249 g/mol. The first kappa shape index (κ1) is 15.4. The van der Waals surface area contributed by atoms with Gasteiger partial charge in [-0.25, -0.2) is 4.39 Å². The van der Waals surface area contributed by atoms with Crippen LogP contribution in [0.15, 0.2) is 24.3 Å². The van der Waals surface area contributed by atoms with E-state index >= 15 is 0 Å². The maximum atomic E-state index is 12.8. The minimum absolute atomic E-state index is 0.0744. The van der Waals surface area contributed by atoms with Crippen molar-refractivity contribution < 1.29 is 19.0 Å². The third-order valence-electron chi connectivity index (χ3n) is 2.65. The molecule has 4 nitrogen and oxygen atoms in total.